The fraction of sp³-hybridized carbons (Fsp3) is 0.0833. The first-order chi connectivity index (χ1) is 7.58. The maximum atomic E-state index is 13.2. The molecule has 1 heterocycles. The summed E-state index contributed by atoms with van der Waals surface area (Å²) in [6.07, 6.45) is 0. The lowest BCUT2D eigenvalue weighted by atomic mass is 10.1. The Bertz CT molecular complexity index is 546. The highest BCUT2D eigenvalue weighted by atomic mass is 32.1. The van der Waals surface area contributed by atoms with Gasteiger partial charge >= 0.3 is 5.97 Å². The van der Waals surface area contributed by atoms with Crippen molar-refractivity contribution >= 4 is 17.3 Å². The van der Waals surface area contributed by atoms with Gasteiger partial charge in [-0.25, -0.2) is 9.18 Å². The van der Waals surface area contributed by atoms with Crippen LogP contribution in [0.15, 0.2) is 29.6 Å². The molecule has 0 amide bonds. The van der Waals surface area contributed by atoms with E-state index in [1.165, 1.54) is 12.1 Å². The minimum atomic E-state index is -1.24. The molecule has 0 spiro atoms. The van der Waals surface area contributed by atoms with Crippen LogP contribution >= 0.6 is 11.3 Å². The first kappa shape index (κ1) is 10.8. The molecule has 0 aliphatic carbocycles. The fourth-order valence-electron chi connectivity index (χ4n) is 1.46. The lowest BCUT2D eigenvalue weighted by molar-refractivity contribution is 0.0692. The molecule has 1 aromatic carbocycles. The molecule has 0 fully saturated rings. The Morgan fingerprint density at radius 1 is 1.31 bits per heavy atom. The van der Waals surface area contributed by atoms with Crippen LogP contribution in [0.1, 0.15) is 15.2 Å². The molecular formula is C12H9FO2S. The molecule has 2 aromatic rings. The van der Waals surface area contributed by atoms with E-state index in [-0.39, 0.29) is 5.56 Å². The van der Waals surface area contributed by atoms with Crippen LogP contribution in [0.4, 0.5) is 4.39 Å². The SMILES string of the molecule is Cc1cc(-c2ccc(F)c(C(=O)O)c2)cs1. The third-order valence-corrected chi connectivity index (χ3v) is 3.12. The number of carboxylic acid groups (broad SMARTS) is 1. The van der Waals surface area contributed by atoms with Gasteiger partial charge in [-0.3, -0.25) is 0 Å². The quantitative estimate of drug-likeness (QED) is 0.865. The highest BCUT2D eigenvalue weighted by Crippen LogP contribution is 2.26. The average molecular weight is 236 g/mol. The summed E-state index contributed by atoms with van der Waals surface area (Å²) in [6, 6.07) is 6.08. The van der Waals surface area contributed by atoms with Crippen molar-refractivity contribution in [3.05, 3.63) is 45.9 Å². The highest BCUT2D eigenvalue weighted by molar-refractivity contribution is 7.10. The van der Waals surface area contributed by atoms with Crippen LogP contribution in [0, 0.1) is 12.7 Å². The van der Waals surface area contributed by atoms with E-state index in [9.17, 15) is 9.18 Å². The van der Waals surface area contributed by atoms with Crippen LogP contribution in [0.2, 0.25) is 0 Å². The number of hydrogen-bond acceptors (Lipinski definition) is 2. The Hall–Kier alpha value is -1.68. The highest BCUT2D eigenvalue weighted by Gasteiger charge is 2.11. The minimum Gasteiger partial charge on any atom is -0.478 e. The van der Waals surface area contributed by atoms with Crippen molar-refractivity contribution < 1.29 is 14.3 Å². The molecule has 0 aliphatic rings. The molecule has 1 aromatic heterocycles. The van der Waals surface area contributed by atoms with Gasteiger partial charge in [-0.2, -0.15) is 0 Å². The molecule has 1 N–H and O–H groups in total. The normalized spacial score (nSPS) is 10.4. The number of carboxylic acids is 1. The van der Waals surface area contributed by atoms with Gasteiger partial charge < -0.3 is 5.11 Å². The lowest BCUT2D eigenvalue weighted by Crippen LogP contribution is -2.00. The van der Waals surface area contributed by atoms with Gasteiger partial charge in [0.1, 0.15) is 5.82 Å². The van der Waals surface area contributed by atoms with Crippen molar-refractivity contribution in [3.63, 3.8) is 0 Å². The molecule has 0 bridgehead atoms. The standard InChI is InChI=1S/C12H9FO2S/c1-7-4-9(6-16-7)8-2-3-11(13)10(5-8)12(14)15/h2-6H,1H3,(H,14,15). The van der Waals surface area contributed by atoms with Gasteiger partial charge in [0.25, 0.3) is 0 Å². The summed E-state index contributed by atoms with van der Waals surface area (Å²) in [7, 11) is 0. The number of carbonyl (C=O) groups is 1. The summed E-state index contributed by atoms with van der Waals surface area (Å²) < 4.78 is 13.2. The number of halogens is 1. The van der Waals surface area contributed by atoms with Crippen molar-refractivity contribution in [3.8, 4) is 11.1 Å². The first-order valence-corrected chi connectivity index (χ1v) is 5.54. The van der Waals surface area contributed by atoms with Crippen molar-refractivity contribution in [1.82, 2.24) is 0 Å². The molecule has 0 unspecified atom stereocenters. The third kappa shape index (κ3) is 1.97. The number of rotatable bonds is 2. The molecule has 0 atom stereocenters. The summed E-state index contributed by atoms with van der Waals surface area (Å²) >= 11 is 1.58. The second kappa shape index (κ2) is 4.06. The average Bonchev–Trinajstić information content (AvgIpc) is 2.65. The summed E-state index contributed by atoms with van der Waals surface area (Å²) in [5.74, 6) is -1.95. The van der Waals surface area contributed by atoms with Gasteiger partial charge in [-0.15, -0.1) is 11.3 Å². The first-order valence-electron chi connectivity index (χ1n) is 4.66. The Labute approximate surface area is 96.0 Å². The lowest BCUT2D eigenvalue weighted by Gasteiger charge is -2.01. The number of aromatic carboxylic acids is 1. The number of aryl methyl sites for hydroxylation is 1. The molecule has 16 heavy (non-hydrogen) atoms. The van der Waals surface area contributed by atoms with Crippen molar-refractivity contribution in [2.45, 2.75) is 6.92 Å². The van der Waals surface area contributed by atoms with Crippen molar-refractivity contribution in [2.75, 3.05) is 0 Å². The molecule has 4 heteroatoms. The van der Waals surface area contributed by atoms with Crippen LogP contribution in [-0.4, -0.2) is 11.1 Å². The monoisotopic (exact) mass is 236 g/mol. The Balaban J connectivity index is 2.51. The van der Waals surface area contributed by atoms with Crippen LogP contribution in [0.3, 0.4) is 0 Å². The number of benzene rings is 1. The maximum Gasteiger partial charge on any atom is 0.338 e. The van der Waals surface area contributed by atoms with Crippen LogP contribution in [-0.2, 0) is 0 Å². The van der Waals surface area contributed by atoms with E-state index in [1.54, 1.807) is 17.4 Å². The predicted octanol–water partition coefficient (Wildman–Crippen LogP) is 3.56. The van der Waals surface area contributed by atoms with Crippen molar-refractivity contribution in [1.29, 1.82) is 0 Å². The zero-order chi connectivity index (χ0) is 11.7. The zero-order valence-electron chi connectivity index (χ0n) is 8.53. The van der Waals surface area contributed by atoms with Gasteiger partial charge in [0, 0.05) is 4.88 Å². The molecule has 0 aliphatic heterocycles. The second-order valence-corrected chi connectivity index (χ2v) is 4.56. The maximum absolute atomic E-state index is 13.2. The number of thiophene rings is 1. The fourth-order valence-corrected chi connectivity index (χ4v) is 2.18. The van der Waals surface area contributed by atoms with Gasteiger partial charge in [0.2, 0.25) is 0 Å². The number of hydrogen-bond donors (Lipinski definition) is 1. The van der Waals surface area contributed by atoms with E-state index in [4.69, 9.17) is 5.11 Å². The van der Waals surface area contributed by atoms with Crippen molar-refractivity contribution in [2.24, 2.45) is 0 Å². The summed E-state index contributed by atoms with van der Waals surface area (Å²) in [4.78, 5) is 11.9. The Morgan fingerprint density at radius 2 is 2.06 bits per heavy atom. The summed E-state index contributed by atoms with van der Waals surface area (Å²) in [5, 5.41) is 10.7. The van der Waals surface area contributed by atoms with E-state index >= 15 is 0 Å². The van der Waals surface area contributed by atoms with Gasteiger partial charge in [-0.05, 0) is 41.6 Å². The van der Waals surface area contributed by atoms with Gasteiger partial charge in [-0.1, -0.05) is 6.07 Å². The summed E-state index contributed by atoms with van der Waals surface area (Å²) in [6.45, 7) is 1.97. The molecule has 0 saturated carbocycles. The summed E-state index contributed by atoms with van der Waals surface area (Å²) in [5.41, 5.74) is 1.36. The van der Waals surface area contributed by atoms with Crippen LogP contribution < -0.4 is 0 Å². The van der Waals surface area contributed by atoms with E-state index in [1.807, 2.05) is 18.4 Å². The molecular weight excluding hydrogens is 227 g/mol. The third-order valence-electron chi connectivity index (χ3n) is 2.26. The second-order valence-electron chi connectivity index (χ2n) is 3.45. The molecule has 0 radical (unpaired) electrons. The predicted molar refractivity (Wildman–Crippen MR) is 61.4 cm³/mol. The zero-order valence-corrected chi connectivity index (χ0v) is 9.34. The van der Waals surface area contributed by atoms with E-state index < -0.39 is 11.8 Å². The Kier molecular flexibility index (Phi) is 2.75. The molecule has 82 valence electrons. The molecule has 0 saturated heterocycles. The van der Waals surface area contributed by atoms with Crippen LogP contribution in [0.25, 0.3) is 11.1 Å². The largest absolute Gasteiger partial charge is 0.478 e. The van der Waals surface area contributed by atoms with E-state index in [0.29, 0.717) is 0 Å². The molecule has 2 nitrogen and oxygen atoms in total. The minimum absolute atomic E-state index is 0.290. The topological polar surface area (TPSA) is 37.3 Å². The molecule has 2 rings (SSSR count). The Morgan fingerprint density at radius 3 is 2.62 bits per heavy atom. The smallest absolute Gasteiger partial charge is 0.338 e. The van der Waals surface area contributed by atoms with Gasteiger partial charge in [0.05, 0.1) is 5.56 Å². The van der Waals surface area contributed by atoms with E-state index in [2.05, 4.69) is 0 Å². The van der Waals surface area contributed by atoms with Crippen LogP contribution in [0.5, 0.6) is 0 Å². The van der Waals surface area contributed by atoms with E-state index in [0.717, 1.165) is 16.0 Å². The van der Waals surface area contributed by atoms with Gasteiger partial charge in [0.15, 0.2) is 0 Å².